The highest BCUT2D eigenvalue weighted by molar-refractivity contribution is 4.82. The van der Waals surface area contributed by atoms with Crippen LogP contribution in [-0.2, 0) is 19.7 Å². The lowest BCUT2D eigenvalue weighted by molar-refractivity contribution is 0.263. The molecule has 0 bridgehead atoms. The number of hydrogen-bond acceptors (Lipinski definition) is 4. The van der Waals surface area contributed by atoms with Gasteiger partial charge in [0.15, 0.2) is 5.82 Å². The molecule has 15 heavy (non-hydrogen) atoms. The Kier molecular flexibility index (Phi) is 3.08. The van der Waals surface area contributed by atoms with Crippen molar-refractivity contribution >= 4 is 0 Å². The Morgan fingerprint density at radius 2 is 2.27 bits per heavy atom. The molecule has 0 unspecified atom stereocenters. The average Bonchev–Trinajstić information content (AvgIpc) is 2.88. The van der Waals surface area contributed by atoms with Crippen LogP contribution in [0.2, 0.25) is 0 Å². The molecule has 0 radical (unpaired) electrons. The van der Waals surface area contributed by atoms with Crippen LogP contribution in [0.4, 0.5) is 0 Å². The predicted molar refractivity (Wildman–Crippen MR) is 52.8 cm³/mol. The van der Waals surface area contributed by atoms with Gasteiger partial charge in [-0.15, -0.1) is 10.2 Å². The van der Waals surface area contributed by atoms with Gasteiger partial charge in [-0.2, -0.15) is 5.10 Å². The fourth-order valence-corrected chi connectivity index (χ4v) is 1.42. The van der Waals surface area contributed by atoms with Gasteiger partial charge in [0.1, 0.15) is 12.9 Å². The molecule has 0 spiro atoms. The monoisotopic (exact) mass is 207 g/mol. The maximum absolute atomic E-state index is 8.95. The lowest BCUT2D eigenvalue weighted by Gasteiger charge is -2.04. The fraction of sp³-hybridized carbons (Fsp3) is 0.444. The summed E-state index contributed by atoms with van der Waals surface area (Å²) in [6.45, 7) is 1.58. The Labute approximate surface area is 87.2 Å². The highest BCUT2D eigenvalue weighted by Crippen LogP contribution is 1.98. The van der Waals surface area contributed by atoms with E-state index in [-0.39, 0.29) is 6.61 Å². The lowest BCUT2D eigenvalue weighted by atomic mass is 10.4. The van der Waals surface area contributed by atoms with Crippen molar-refractivity contribution in [3.63, 3.8) is 0 Å². The van der Waals surface area contributed by atoms with Gasteiger partial charge in [-0.1, -0.05) is 0 Å². The summed E-state index contributed by atoms with van der Waals surface area (Å²) in [7, 11) is 0. The molecule has 0 atom stereocenters. The van der Waals surface area contributed by atoms with Gasteiger partial charge < -0.3 is 9.67 Å². The van der Waals surface area contributed by atoms with Crippen molar-refractivity contribution in [3.8, 4) is 0 Å². The minimum Gasteiger partial charge on any atom is -0.388 e. The first-order valence-electron chi connectivity index (χ1n) is 4.85. The molecule has 6 heteroatoms. The summed E-state index contributed by atoms with van der Waals surface area (Å²) in [5.41, 5.74) is 0. The Morgan fingerprint density at radius 3 is 3.00 bits per heavy atom. The zero-order valence-electron chi connectivity index (χ0n) is 8.32. The van der Waals surface area contributed by atoms with Crippen LogP contribution in [0.25, 0.3) is 0 Å². The molecule has 0 aliphatic rings. The Hall–Kier alpha value is -1.69. The second-order valence-corrected chi connectivity index (χ2v) is 3.22. The lowest BCUT2D eigenvalue weighted by Crippen LogP contribution is -2.06. The van der Waals surface area contributed by atoms with Crippen molar-refractivity contribution in [2.24, 2.45) is 0 Å². The Bertz CT molecular complexity index is 394. The van der Waals surface area contributed by atoms with Gasteiger partial charge in [0.2, 0.25) is 0 Å². The van der Waals surface area contributed by atoms with Crippen molar-refractivity contribution < 1.29 is 5.11 Å². The Balaban J connectivity index is 1.83. The average molecular weight is 207 g/mol. The van der Waals surface area contributed by atoms with Gasteiger partial charge in [0.05, 0.1) is 0 Å². The van der Waals surface area contributed by atoms with E-state index in [0.29, 0.717) is 5.82 Å². The zero-order valence-corrected chi connectivity index (χ0v) is 8.32. The minimum atomic E-state index is -0.0677. The molecule has 2 rings (SSSR count). The molecule has 0 aliphatic heterocycles. The largest absolute Gasteiger partial charge is 0.388 e. The zero-order chi connectivity index (χ0) is 10.5. The molecule has 2 aromatic heterocycles. The SMILES string of the molecule is OCc1nncn1CCCn1cccn1. The Morgan fingerprint density at radius 1 is 1.33 bits per heavy atom. The summed E-state index contributed by atoms with van der Waals surface area (Å²) in [6, 6.07) is 1.90. The molecule has 80 valence electrons. The van der Waals surface area contributed by atoms with Crippen molar-refractivity contribution in [1.29, 1.82) is 0 Å². The molecule has 0 aliphatic carbocycles. The summed E-state index contributed by atoms with van der Waals surface area (Å²) in [5, 5.41) is 20.6. The van der Waals surface area contributed by atoms with E-state index in [2.05, 4.69) is 15.3 Å². The van der Waals surface area contributed by atoms with Crippen molar-refractivity contribution in [3.05, 3.63) is 30.6 Å². The van der Waals surface area contributed by atoms with E-state index < -0.39 is 0 Å². The van der Waals surface area contributed by atoms with Gasteiger partial charge in [-0.3, -0.25) is 4.68 Å². The molecule has 0 aromatic carbocycles. The minimum absolute atomic E-state index is 0.0677. The van der Waals surface area contributed by atoms with Crippen LogP contribution >= 0.6 is 0 Å². The van der Waals surface area contributed by atoms with Crippen LogP contribution in [-0.4, -0.2) is 29.7 Å². The number of aromatic nitrogens is 5. The van der Waals surface area contributed by atoms with Crippen molar-refractivity contribution in [1.82, 2.24) is 24.5 Å². The number of aliphatic hydroxyl groups excluding tert-OH is 1. The second-order valence-electron chi connectivity index (χ2n) is 3.22. The number of aliphatic hydroxyl groups is 1. The van der Waals surface area contributed by atoms with E-state index in [0.717, 1.165) is 19.5 Å². The van der Waals surface area contributed by atoms with Crippen LogP contribution in [0.1, 0.15) is 12.2 Å². The quantitative estimate of drug-likeness (QED) is 0.752. The number of hydrogen-bond donors (Lipinski definition) is 1. The molecule has 2 aromatic rings. The van der Waals surface area contributed by atoms with Gasteiger partial charge in [-0.25, -0.2) is 0 Å². The topological polar surface area (TPSA) is 68.8 Å². The van der Waals surface area contributed by atoms with Gasteiger partial charge in [0, 0.05) is 25.5 Å². The van der Waals surface area contributed by atoms with Gasteiger partial charge in [0.25, 0.3) is 0 Å². The smallest absolute Gasteiger partial charge is 0.158 e. The van der Waals surface area contributed by atoms with Crippen molar-refractivity contribution in [2.75, 3.05) is 0 Å². The van der Waals surface area contributed by atoms with Crippen LogP contribution in [0.15, 0.2) is 24.8 Å². The summed E-state index contributed by atoms with van der Waals surface area (Å²) >= 11 is 0. The molecular weight excluding hydrogens is 194 g/mol. The third kappa shape index (κ3) is 2.41. The van der Waals surface area contributed by atoms with Crippen LogP contribution in [0.3, 0.4) is 0 Å². The summed E-state index contributed by atoms with van der Waals surface area (Å²) < 4.78 is 3.73. The fourth-order valence-electron chi connectivity index (χ4n) is 1.42. The molecule has 0 fully saturated rings. The number of aryl methyl sites for hydroxylation is 2. The van der Waals surface area contributed by atoms with Crippen LogP contribution in [0.5, 0.6) is 0 Å². The van der Waals surface area contributed by atoms with Crippen molar-refractivity contribution in [2.45, 2.75) is 26.1 Å². The molecule has 0 amide bonds. The predicted octanol–water partition coefficient (Wildman–Crippen LogP) is 0.0572. The van der Waals surface area contributed by atoms with Gasteiger partial charge in [-0.05, 0) is 12.5 Å². The second kappa shape index (κ2) is 4.70. The van der Waals surface area contributed by atoms with E-state index in [1.165, 1.54) is 0 Å². The summed E-state index contributed by atoms with van der Waals surface area (Å²) in [6.07, 6.45) is 6.26. The van der Waals surface area contributed by atoms with E-state index in [1.54, 1.807) is 12.5 Å². The molecule has 0 saturated carbocycles. The maximum Gasteiger partial charge on any atom is 0.158 e. The van der Waals surface area contributed by atoms with E-state index in [4.69, 9.17) is 5.11 Å². The first-order valence-corrected chi connectivity index (χ1v) is 4.85. The third-order valence-electron chi connectivity index (χ3n) is 2.18. The third-order valence-corrected chi connectivity index (χ3v) is 2.18. The molecule has 1 N–H and O–H groups in total. The standard InChI is InChI=1S/C9H13N5O/c15-7-9-12-10-8-13(9)4-2-6-14-5-1-3-11-14/h1,3,5,8,15H,2,4,6-7H2. The molecule has 0 saturated heterocycles. The number of nitrogens with zero attached hydrogens (tertiary/aromatic N) is 5. The molecule has 2 heterocycles. The van der Waals surface area contributed by atoms with Crippen LogP contribution in [0, 0.1) is 0 Å². The van der Waals surface area contributed by atoms with E-state index >= 15 is 0 Å². The highest BCUT2D eigenvalue weighted by atomic mass is 16.3. The summed E-state index contributed by atoms with van der Waals surface area (Å²) in [4.78, 5) is 0. The summed E-state index contributed by atoms with van der Waals surface area (Å²) in [5.74, 6) is 0.607. The normalized spacial score (nSPS) is 10.7. The molecular formula is C9H13N5O. The first-order chi connectivity index (χ1) is 7.40. The van der Waals surface area contributed by atoms with Gasteiger partial charge >= 0.3 is 0 Å². The van der Waals surface area contributed by atoms with E-state index in [9.17, 15) is 0 Å². The molecule has 6 nitrogen and oxygen atoms in total. The highest BCUT2D eigenvalue weighted by Gasteiger charge is 2.01. The van der Waals surface area contributed by atoms with Crippen LogP contribution < -0.4 is 0 Å². The number of rotatable bonds is 5. The first kappa shape index (κ1) is 9.85. The van der Waals surface area contributed by atoms with E-state index in [1.807, 2.05) is 21.5 Å². The maximum atomic E-state index is 8.95.